The van der Waals surface area contributed by atoms with Crippen molar-refractivity contribution in [1.29, 1.82) is 5.26 Å². The number of aromatic hydroxyl groups is 1. The molecule has 0 aliphatic carbocycles. The van der Waals surface area contributed by atoms with Gasteiger partial charge < -0.3 is 15.2 Å². The number of anilines is 1. The van der Waals surface area contributed by atoms with Gasteiger partial charge in [0.2, 0.25) is 5.75 Å². The van der Waals surface area contributed by atoms with Crippen molar-refractivity contribution in [2.24, 2.45) is 0 Å². The molecule has 1 amide bonds. The normalized spacial score (nSPS) is 10.8. The zero-order valence-corrected chi connectivity index (χ0v) is 15.1. The molecular weight excluding hydrogens is 374 g/mol. The number of phenolic OH excluding ortho intramolecular Hbond substituents is 1. The van der Waals surface area contributed by atoms with Gasteiger partial charge in [0.25, 0.3) is 5.91 Å². The molecule has 0 saturated carbocycles. The third-order valence-electron chi connectivity index (χ3n) is 3.62. The van der Waals surface area contributed by atoms with E-state index in [9.17, 15) is 25.3 Å². The number of methoxy groups -OCH3 is 1. The predicted molar refractivity (Wildman–Crippen MR) is 99.7 cm³/mol. The number of amides is 1. The summed E-state index contributed by atoms with van der Waals surface area (Å²) in [6.45, 7) is 1.76. The van der Waals surface area contributed by atoms with Crippen LogP contribution in [0.1, 0.15) is 11.1 Å². The van der Waals surface area contributed by atoms with E-state index in [0.29, 0.717) is 10.7 Å². The smallest absolute Gasteiger partial charge is 0.315 e. The van der Waals surface area contributed by atoms with Crippen LogP contribution in [-0.4, -0.2) is 23.0 Å². The van der Waals surface area contributed by atoms with E-state index in [4.69, 9.17) is 16.3 Å². The lowest BCUT2D eigenvalue weighted by Crippen LogP contribution is -2.14. The second-order valence-corrected chi connectivity index (χ2v) is 5.87. The van der Waals surface area contributed by atoms with Crippen LogP contribution in [0.3, 0.4) is 0 Å². The molecule has 0 fully saturated rings. The van der Waals surface area contributed by atoms with Crippen molar-refractivity contribution in [2.45, 2.75) is 6.92 Å². The Hall–Kier alpha value is -3.57. The van der Waals surface area contributed by atoms with E-state index in [2.05, 4.69) is 5.32 Å². The second kappa shape index (κ2) is 8.21. The van der Waals surface area contributed by atoms with Gasteiger partial charge in [0, 0.05) is 16.8 Å². The van der Waals surface area contributed by atoms with Crippen LogP contribution in [0.2, 0.25) is 5.02 Å². The number of hydrogen-bond donors (Lipinski definition) is 2. The lowest BCUT2D eigenvalue weighted by atomic mass is 10.1. The first-order valence-electron chi connectivity index (χ1n) is 7.51. The molecule has 0 aliphatic rings. The molecule has 138 valence electrons. The van der Waals surface area contributed by atoms with Crippen molar-refractivity contribution in [3.05, 3.63) is 62.2 Å². The van der Waals surface area contributed by atoms with Gasteiger partial charge in [-0.1, -0.05) is 17.7 Å². The number of ether oxygens (including phenoxy) is 1. The van der Waals surface area contributed by atoms with Crippen LogP contribution < -0.4 is 10.1 Å². The van der Waals surface area contributed by atoms with Crippen LogP contribution in [0, 0.1) is 28.4 Å². The van der Waals surface area contributed by atoms with Gasteiger partial charge in [-0.3, -0.25) is 14.9 Å². The number of carbonyl (C=O) groups excluding carboxylic acids is 1. The number of nitrogens with one attached hydrogen (secondary N) is 1. The Kier molecular flexibility index (Phi) is 6.00. The predicted octanol–water partition coefficient (Wildman–Crippen LogP) is 3.82. The van der Waals surface area contributed by atoms with E-state index in [1.807, 2.05) is 0 Å². The maximum atomic E-state index is 12.4. The fraction of sp³-hybridized carbons (Fsp3) is 0.111. The van der Waals surface area contributed by atoms with Crippen LogP contribution in [0.5, 0.6) is 11.5 Å². The van der Waals surface area contributed by atoms with Crippen molar-refractivity contribution >= 4 is 35.0 Å². The molecule has 2 aromatic rings. The fourth-order valence-electron chi connectivity index (χ4n) is 2.23. The second-order valence-electron chi connectivity index (χ2n) is 5.43. The van der Waals surface area contributed by atoms with Gasteiger partial charge in [0.05, 0.1) is 12.0 Å². The van der Waals surface area contributed by atoms with Crippen LogP contribution in [0.4, 0.5) is 11.4 Å². The molecule has 0 spiro atoms. The van der Waals surface area contributed by atoms with E-state index in [1.54, 1.807) is 25.1 Å². The number of rotatable bonds is 5. The first kappa shape index (κ1) is 19.8. The number of nitro groups is 1. The fourth-order valence-corrected chi connectivity index (χ4v) is 2.40. The molecular formula is C18H14ClN3O5. The van der Waals surface area contributed by atoms with Crippen molar-refractivity contribution in [1.82, 2.24) is 0 Å². The molecule has 0 aromatic heterocycles. The van der Waals surface area contributed by atoms with Gasteiger partial charge in [-0.05, 0) is 42.3 Å². The zero-order valence-electron chi connectivity index (χ0n) is 14.3. The lowest BCUT2D eigenvalue weighted by molar-refractivity contribution is -0.386. The van der Waals surface area contributed by atoms with Crippen LogP contribution in [0.25, 0.3) is 6.08 Å². The number of nitriles is 1. The summed E-state index contributed by atoms with van der Waals surface area (Å²) >= 11 is 5.91. The number of nitro benzene ring substituents is 1. The van der Waals surface area contributed by atoms with E-state index < -0.39 is 22.3 Å². The monoisotopic (exact) mass is 387 g/mol. The van der Waals surface area contributed by atoms with E-state index >= 15 is 0 Å². The van der Waals surface area contributed by atoms with Gasteiger partial charge in [-0.15, -0.1) is 0 Å². The standard InChI is InChI=1S/C18H14ClN3O5/c1-10-3-4-13(19)8-14(10)21-18(24)12(9-20)5-11-6-15(22(25)26)17(23)16(7-11)27-2/h3-8,23H,1-2H3,(H,21,24)/b12-5+. The molecule has 0 atom stereocenters. The van der Waals surface area contributed by atoms with Gasteiger partial charge in [0.15, 0.2) is 5.75 Å². The third-order valence-corrected chi connectivity index (χ3v) is 3.85. The summed E-state index contributed by atoms with van der Waals surface area (Å²) in [6.07, 6.45) is 1.16. The van der Waals surface area contributed by atoms with E-state index in [1.165, 1.54) is 19.2 Å². The highest BCUT2D eigenvalue weighted by Crippen LogP contribution is 2.37. The van der Waals surface area contributed by atoms with E-state index in [0.717, 1.165) is 17.7 Å². The summed E-state index contributed by atoms with van der Waals surface area (Å²) in [4.78, 5) is 22.7. The Morgan fingerprint density at radius 2 is 2.11 bits per heavy atom. The van der Waals surface area contributed by atoms with Crippen molar-refractivity contribution in [3.8, 4) is 17.6 Å². The molecule has 27 heavy (non-hydrogen) atoms. The largest absolute Gasteiger partial charge is 0.500 e. The first-order chi connectivity index (χ1) is 12.8. The minimum Gasteiger partial charge on any atom is -0.500 e. The molecule has 8 nitrogen and oxygen atoms in total. The molecule has 0 saturated heterocycles. The molecule has 2 rings (SSSR count). The highest BCUT2D eigenvalue weighted by molar-refractivity contribution is 6.31. The summed E-state index contributed by atoms with van der Waals surface area (Å²) in [5, 5.41) is 33.1. The molecule has 0 aliphatic heterocycles. The number of aryl methyl sites for hydroxylation is 1. The van der Waals surface area contributed by atoms with Crippen LogP contribution >= 0.6 is 11.6 Å². The number of carbonyl (C=O) groups is 1. The number of halogens is 1. The zero-order chi connectivity index (χ0) is 20.1. The Morgan fingerprint density at radius 3 is 2.70 bits per heavy atom. The maximum absolute atomic E-state index is 12.4. The topological polar surface area (TPSA) is 125 Å². The summed E-state index contributed by atoms with van der Waals surface area (Å²) < 4.78 is 4.89. The summed E-state index contributed by atoms with van der Waals surface area (Å²) in [5.74, 6) is -1.51. The Balaban J connectivity index is 2.42. The Bertz CT molecular complexity index is 995. The number of phenols is 1. The number of nitrogens with zero attached hydrogens (tertiary/aromatic N) is 2. The van der Waals surface area contributed by atoms with Crippen molar-refractivity contribution < 1.29 is 19.6 Å². The molecule has 0 unspecified atom stereocenters. The highest BCUT2D eigenvalue weighted by Gasteiger charge is 2.20. The number of hydrogen-bond acceptors (Lipinski definition) is 6. The summed E-state index contributed by atoms with van der Waals surface area (Å²) in [5.41, 5.74) is 0.418. The molecule has 0 radical (unpaired) electrons. The van der Waals surface area contributed by atoms with Gasteiger partial charge in [0.1, 0.15) is 11.6 Å². The van der Waals surface area contributed by atoms with Gasteiger partial charge >= 0.3 is 5.69 Å². The van der Waals surface area contributed by atoms with E-state index in [-0.39, 0.29) is 16.9 Å². The molecule has 0 heterocycles. The minimum absolute atomic E-state index is 0.144. The van der Waals surface area contributed by atoms with Crippen molar-refractivity contribution in [2.75, 3.05) is 12.4 Å². The molecule has 9 heteroatoms. The Morgan fingerprint density at radius 1 is 1.41 bits per heavy atom. The Labute approximate surface area is 159 Å². The summed E-state index contributed by atoms with van der Waals surface area (Å²) in [6, 6.07) is 8.97. The van der Waals surface area contributed by atoms with Crippen molar-refractivity contribution in [3.63, 3.8) is 0 Å². The minimum atomic E-state index is -0.795. The maximum Gasteiger partial charge on any atom is 0.315 e. The van der Waals surface area contributed by atoms with Gasteiger partial charge in [-0.2, -0.15) is 5.26 Å². The van der Waals surface area contributed by atoms with Crippen LogP contribution in [-0.2, 0) is 4.79 Å². The average Bonchev–Trinajstić information content (AvgIpc) is 2.63. The quantitative estimate of drug-likeness (QED) is 0.347. The lowest BCUT2D eigenvalue weighted by Gasteiger charge is -2.09. The average molecular weight is 388 g/mol. The molecule has 2 aromatic carbocycles. The first-order valence-corrected chi connectivity index (χ1v) is 7.89. The highest BCUT2D eigenvalue weighted by atomic mass is 35.5. The SMILES string of the molecule is COc1cc(/C=C(\C#N)C(=O)Nc2cc(Cl)ccc2C)cc([N+](=O)[O-])c1O. The summed E-state index contributed by atoms with van der Waals surface area (Å²) in [7, 11) is 1.23. The third kappa shape index (κ3) is 4.54. The van der Waals surface area contributed by atoms with Crippen LogP contribution in [0.15, 0.2) is 35.9 Å². The van der Waals surface area contributed by atoms with Gasteiger partial charge in [-0.25, -0.2) is 0 Å². The number of benzene rings is 2. The molecule has 0 bridgehead atoms. The molecule has 2 N–H and O–H groups in total.